The Labute approximate surface area is 118 Å². The summed E-state index contributed by atoms with van der Waals surface area (Å²) in [5, 5.41) is 2.95. The zero-order valence-electron chi connectivity index (χ0n) is 9.98. The van der Waals surface area contributed by atoms with Crippen molar-refractivity contribution in [3.63, 3.8) is 0 Å². The molecule has 1 aromatic heterocycles. The van der Waals surface area contributed by atoms with Gasteiger partial charge in [-0.15, -0.1) is 24.0 Å². The lowest BCUT2D eigenvalue weighted by Gasteiger charge is -2.07. The molecule has 0 aliphatic heterocycles. The second kappa shape index (κ2) is 8.21. The van der Waals surface area contributed by atoms with Crippen LogP contribution in [0.3, 0.4) is 0 Å². The maximum absolute atomic E-state index is 13.2. The van der Waals surface area contributed by atoms with Crippen molar-refractivity contribution in [1.29, 1.82) is 0 Å². The minimum absolute atomic E-state index is 0. The highest BCUT2D eigenvalue weighted by atomic mass is 127. The largest absolute Gasteiger partial charge is 0.370 e. The minimum atomic E-state index is -0.358. The third-order valence-electron chi connectivity index (χ3n) is 1.93. The number of hydrogen-bond acceptors (Lipinski definition) is 2. The van der Waals surface area contributed by atoms with Gasteiger partial charge in [0.25, 0.3) is 0 Å². The Morgan fingerprint density at radius 2 is 2.29 bits per heavy atom. The van der Waals surface area contributed by atoms with E-state index in [2.05, 4.69) is 29.1 Å². The van der Waals surface area contributed by atoms with Crippen LogP contribution in [0.1, 0.15) is 19.5 Å². The fourth-order valence-electron chi connectivity index (χ4n) is 1.06. The van der Waals surface area contributed by atoms with Crippen LogP contribution >= 0.6 is 24.0 Å². The standard InChI is InChI=1S/C11H17FN4.HI/c1-8(2)6-15-11(13)16-7-10-9(12)4-3-5-14-10;/h3-5,8H,6-7H2,1-2H3,(H3,13,15,16);1H. The summed E-state index contributed by atoms with van der Waals surface area (Å²) >= 11 is 0. The molecule has 0 saturated carbocycles. The maximum Gasteiger partial charge on any atom is 0.188 e. The number of hydrogen-bond donors (Lipinski definition) is 2. The number of rotatable bonds is 4. The SMILES string of the molecule is CC(C)CNC(N)=NCc1ncccc1F.I. The predicted octanol–water partition coefficient (Wildman–Crippen LogP) is 1.90. The van der Waals surface area contributed by atoms with Crippen molar-refractivity contribution in [2.24, 2.45) is 16.6 Å². The first-order valence-corrected chi connectivity index (χ1v) is 5.22. The van der Waals surface area contributed by atoms with Gasteiger partial charge >= 0.3 is 0 Å². The molecule has 4 nitrogen and oxygen atoms in total. The maximum atomic E-state index is 13.2. The summed E-state index contributed by atoms with van der Waals surface area (Å²) in [6.07, 6.45) is 1.53. The topological polar surface area (TPSA) is 63.3 Å². The lowest BCUT2D eigenvalue weighted by Crippen LogP contribution is -2.34. The normalized spacial score (nSPS) is 11.2. The van der Waals surface area contributed by atoms with Gasteiger partial charge in [0, 0.05) is 12.7 Å². The van der Waals surface area contributed by atoms with Gasteiger partial charge in [-0.25, -0.2) is 9.38 Å². The predicted molar refractivity (Wildman–Crippen MR) is 77.8 cm³/mol. The van der Waals surface area contributed by atoms with Crippen LogP contribution in [-0.2, 0) is 6.54 Å². The molecule has 3 N–H and O–H groups in total. The highest BCUT2D eigenvalue weighted by Crippen LogP contribution is 2.03. The van der Waals surface area contributed by atoms with Crippen LogP contribution in [0.2, 0.25) is 0 Å². The minimum Gasteiger partial charge on any atom is -0.370 e. The molecule has 0 spiro atoms. The van der Waals surface area contributed by atoms with E-state index in [0.717, 1.165) is 6.54 Å². The first-order chi connectivity index (χ1) is 7.59. The lowest BCUT2D eigenvalue weighted by molar-refractivity contribution is 0.598. The Bertz CT molecular complexity index is 368. The molecule has 0 saturated heterocycles. The number of pyridine rings is 1. The molecule has 0 aliphatic rings. The van der Waals surface area contributed by atoms with Crippen LogP contribution in [0.25, 0.3) is 0 Å². The van der Waals surface area contributed by atoms with Gasteiger partial charge in [0.05, 0.1) is 12.2 Å². The molecule has 0 amide bonds. The molecular weight excluding hydrogens is 334 g/mol. The highest BCUT2D eigenvalue weighted by molar-refractivity contribution is 14.0. The zero-order chi connectivity index (χ0) is 12.0. The molecule has 6 heteroatoms. The molecule has 0 fully saturated rings. The van der Waals surface area contributed by atoms with E-state index in [1.807, 2.05) is 0 Å². The summed E-state index contributed by atoms with van der Waals surface area (Å²) in [5.74, 6) is 0.446. The molecule has 0 atom stereocenters. The summed E-state index contributed by atoms with van der Waals surface area (Å²) in [5.41, 5.74) is 5.91. The fourth-order valence-corrected chi connectivity index (χ4v) is 1.06. The number of halogens is 2. The Hall–Kier alpha value is -0.920. The van der Waals surface area contributed by atoms with Crippen molar-refractivity contribution in [1.82, 2.24) is 10.3 Å². The molecule has 0 aliphatic carbocycles. The van der Waals surface area contributed by atoms with Crippen LogP contribution in [-0.4, -0.2) is 17.5 Å². The third kappa shape index (κ3) is 6.40. The molecule has 1 rings (SSSR count). The van der Waals surface area contributed by atoms with E-state index in [9.17, 15) is 4.39 Å². The van der Waals surface area contributed by atoms with Crippen LogP contribution in [0.15, 0.2) is 23.3 Å². The Morgan fingerprint density at radius 3 is 2.88 bits per heavy atom. The number of aliphatic imine (C=N–C) groups is 1. The molecule has 1 heterocycles. The smallest absolute Gasteiger partial charge is 0.188 e. The van der Waals surface area contributed by atoms with Gasteiger partial charge in [-0.05, 0) is 18.1 Å². The van der Waals surface area contributed by atoms with E-state index in [1.165, 1.54) is 12.3 Å². The van der Waals surface area contributed by atoms with Gasteiger partial charge in [-0.2, -0.15) is 0 Å². The van der Waals surface area contributed by atoms with Crippen molar-refractivity contribution in [2.45, 2.75) is 20.4 Å². The first kappa shape index (κ1) is 16.1. The van der Waals surface area contributed by atoms with Crippen molar-refractivity contribution < 1.29 is 4.39 Å². The molecule has 0 unspecified atom stereocenters. The van der Waals surface area contributed by atoms with Crippen molar-refractivity contribution in [3.05, 3.63) is 29.8 Å². The molecule has 96 valence electrons. The van der Waals surface area contributed by atoms with Gasteiger partial charge in [-0.3, -0.25) is 4.98 Å². The molecule has 0 bridgehead atoms. The summed E-state index contributed by atoms with van der Waals surface area (Å²) in [7, 11) is 0. The quantitative estimate of drug-likeness (QED) is 0.494. The highest BCUT2D eigenvalue weighted by Gasteiger charge is 2.01. The van der Waals surface area contributed by atoms with Crippen LogP contribution < -0.4 is 11.1 Å². The van der Waals surface area contributed by atoms with Crippen molar-refractivity contribution in [3.8, 4) is 0 Å². The summed E-state index contributed by atoms with van der Waals surface area (Å²) in [4.78, 5) is 7.89. The average Bonchev–Trinajstić information content (AvgIpc) is 2.25. The Kier molecular flexibility index (Phi) is 7.77. The van der Waals surface area contributed by atoms with E-state index >= 15 is 0 Å². The second-order valence-electron chi connectivity index (χ2n) is 3.91. The van der Waals surface area contributed by atoms with Gasteiger partial charge in [0.2, 0.25) is 0 Å². The zero-order valence-corrected chi connectivity index (χ0v) is 12.3. The van der Waals surface area contributed by atoms with E-state index in [-0.39, 0.29) is 36.3 Å². The second-order valence-corrected chi connectivity index (χ2v) is 3.91. The van der Waals surface area contributed by atoms with Gasteiger partial charge in [0.15, 0.2) is 5.96 Å². The van der Waals surface area contributed by atoms with Crippen molar-refractivity contribution in [2.75, 3.05) is 6.54 Å². The molecule has 0 aromatic carbocycles. The van der Waals surface area contributed by atoms with E-state index in [4.69, 9.17) is 5.73 Å². The number of guanidine groups is 1. The fraction of sp³-hybridized carbons (Fsp3) is 0.455. The third-order valence-corrected chi connectivity index (χ3v) is 1.93. The van der Waals surface area contributed by atoms with Crippen molar-refractivity contribution >= 4 is 29.9 Å². The molecule has 0 radical (unpaired) electrons. The van der Waals surface area contributed by atoms with E-state index in [0.29, 0.717) is 17.6 Å². The molecule has 17 heavy (non-hydrogen) atoms. The summed E-state index contributed by atoms with van der Waals surface area (Å²) in [6.45, 7) is 5.04. The van der Waals surface area contributed by atoms with Gasteiger partial charge in [-0.1, -0.05) is 13.8 Å². The van der Waals surface area contributed by atoms with Gasteiger partial charge < -0.3 is 11.1 Å². The summed E-state index contributed by atoms with van der Waals surface area (Å²) < 4.78 is 13.2. The number of nitrogens with two attached hydrogens (primary N) is 1. The lowest BCUT2D eigenvalue weighted by atomic mass is 10.2. The first-order valence-electron chi connectivity index (χ1n) is 5.22. The average molecular weight is 352 g/mol. The molecular formula is C11H18FIN4. The number of aromatic nitrogens is 1. The summed E-state index contributed by atoms with van der Waals surface area (Å²) in [6, 6.07) is 2.90. The molecule has 1 aromatic rings. The Morgan fingerprint density at radius 1 is 1.59 bits per heavy atom. The van der Waals surface area contributed by atoms with E-state index in [1.54, 1.807) is 6.07 Å². The Balaban J connectivity index is 0.00000256. The van der Waals surface area contributed by atoms with Crippen LogP contribution in [0.4, 0.5) is 4.39 Å². The van der Waals surface area contributed by atoms with Crippen LogP contribution in [0.5, 0.6) is 0 Å². The van der Waals surface area contributed by atoms with Gasteiger partial charge in [0.1, 0.15) is 5.82 Å². The van der Waals surface area contributed by atoms with E-state index < -0.39 is 0 Å². The number of nitrogens with zero attached hydrogens (tertiary/aromatic N) is 2. The monoisotopic (exact) mass is 352 g/mol. The number of nitrogens with one attached hydrogen (secondary N) is 1. The van der Waals surface area contributed by atoms with Crippen LogP contribution in [0, 0.1) is 11.7 Å².